The van der Waals surface area contributed by atoms with Crippen LogP contribution in [0.5, 0.6) is 11.5 Å². The molecular formula is C25H28N6O4. The number of methoxy groups -OCH3 is 1. The minimum Gasteiger partial charge on any atom is -0.493 e. The summed E-state index contributed by atoms with van der Waals surface area (Å²) in [4.78, 5) is 17.4. The molecule has 2 heterocycles. The van der Waals surface area contributed by atoms with Crippen molar-refractivity contribution in [2.45, 2.75) is 34.2 Å². The van der Waals surface area contributed by atoms with Gasteiger partial charge in [0.25, 0.3) is 5.91 Å². The molecule has 3 N–H and O–H groups in total. The van der Waals surface area contributed by atoms with Crippen molar-refractivity contribution in [3.8, 4) is 23.0 Å². The van der Waals surface area contributed by atoms with Crippen LogP contribution in [0.2, 0.25) is 0 Å². The number of carbonyl (C=O) groups excluding carboxylic acids is 1. The lowest BCUT2D eigenvalue weighted by atomic mass is 10.1. The number of oxazole rings is 1. The average molecular weight is 477 g/mol. The number of aryl methyl sites for hydroxylation is 3. The Morgan fingerprint density at radius 3 is 2.54 bits per heavy atom. The summed E-state index contributed by atoms with van der Waals surface area (Å²) in [6.45, 7) is 8.36. The Hall–Kier alpha value is -4.34. The highest BCUT2D eigenvalue weighted by Gasteiger charge is 2.21. The van der Waals surface area contributed by atoms with Gasteiger partial charge in [-0.3, -0.25) is 4.79 Å². The van der Waals surface area contributed by atoms with Gasteiger partial charge in [0, 0.05) is 11.3 Å². The number of aromatic nitrogens is 4. The highest BCUT2D eigenvalue weighted by molar-refractivity contribution is 6.05. The van der Waals surface area contributed by atoms with Crippen molar-refractivity contribution in [2.24, 2.45) is 0 Å². The monoisotopic (exact) mass is 476 g/mol. The number of hydrogen-bond acceptors (Lipinski definition) is 8. The van der Waals surface area contributed by atoms with Gasteiger partial charge in [0.05, 0.1) is 20.3 Å². The molecule has 0 aliphatic carbocycles. The van der Waals surface area contributed by atoms with Gasteiger partial charge in [0.2, 0.25) is 5.89 Å². The molecule has 10 nitrogen and oxygen atoms in total. The molecule has 35 heavy (non-hydrogen) atoms. The van der Waals surface area contributed by atoms with Gasteiger partial charge in [-0.2, -0.15) is 0 Å². The summed E-state index contributed by atoms with van der Waals surface area (Å²) in [5, 5.41) is 10.9. The molecule has 0 atom stereocenters. The van der Waals surface area contributed by atoms with Crippen molar-refractivity contribution in [3.63, 3.8) is 0 Å². The SMILES string of the molecule is CCOc1ccc(-c2nc(Cn3nnc(C(=O)Nc4cc(C)cc(C)c4)c3N)c(C)o2)cc1OC. The van der Waals surface area contributed by atoms with Crippen LogP contribution in [0.3, 0.4) is 0 Å². The van der Waals surface area contributed by atoms with Crippen molar-refractivity contribution in [3.05, 3.63) is 64.7 Å². The van der Waals surface area contributed by atoms with Gasteiger partial charge in [0.1, 0.15) is 11.5 Å². The van der Waals surface area contributed by atoms with Crippen LogP contribution >= 0.6 is 0 Å². The number of nitrogens with zero attached hydrogens (tertiary/aromatic N) is 4. The van der Waals surface area contributed by atoms with Gasteiger partial charge in [0.15, 0.2) is 23.0 Å². The predicted molar refractivity (Wildman–Crippen MR) is 132 cm³/mol. The molecule has 0 saturated carbocycles. The molecule has 182 valence electrons. The number of nitrogen functional groups attached to an aromatic ring is 1. The maximum absolute atomic E-state index is 12.8. The van der Waals surface area contributed by atoms with Crippen LogP contribution in [-0.2, 0) is 6.54 Å². The van der Waals surface area contributed by atoms with Crippen molar-refractivity contribution in [2.75, 3.05) is 24.8 Å². The molecule has 2 aromatic heterocycles. The van der Waals surface area contributed by atoms with E-state index in [2.05, 4.69) is 20.6 Å². The van der Waals surface area contributed by atoms with Crippen molar-refractivity contribution < 1.29 is 18.7 Å². The Morgan fingerprint density at radius 2 is 1.86 bits per heavy atom. The number of hydrogen-bond donors (Lipinski definition) is 2. The maximum Gasteiger partial charge on any atom is 0.280 e. The first-order valence-electron chi connectivity index (χ1n) is 11.1. The normalized spacial score (nSPS) is 10.9. The maximum atomic E-state index is 12.8. The van der Waals surface area contributed by atoms with Crippen LogP contribution in [0.25, 0.3) is 11.5 Å². The van der Waals surface area contributed by atoms with E-state index < -0.39 is 5.91 Å². The lowest BCUT2D eigenvalue weighted by Crippen LogP contribution is -2.15. The van der Waals surface area contributed by atoms with Crippen molar-refractivity contribution in [1.82, 2.24) is 20.0 Å². The van der Waals surface area contributed by atoms with Gasteiger partial charge < -0.3 is 24.9 Å². The zero-order chi connectivity index (χ0) is 25.1. The van der Waals surface area contributed by atoms with E-state index in [-0.39, 0.29) is 18.1 Å². The van der Waals surface area contributed by atoms with E-state index in [1.165, 1.54) is 4.68 Å². The minimum absolute atomic E-state index is 0.0433. The van der Waals surface area contributed by atoms with E-state index in [4.69, 9.17) is 19.6 Å². The fourth-order valence-corrected chi connectivity index (χ4v) is 3.75. The Balaban J connectivity index is 1.53. The second-order valence-corrected chi connectivity index (χ2v) is 8.13. The van der Waals surface area contributed by atoms with Gasteiger partial charge >= 0.3 is 0 Å². The summed E-state index contributed by atoms with van der Waals surface area (Å²) in [5.41, 5.74) is 10.4. The molecule has 0 aliphatic rings. The van der Waals surface area contributed by atoms with Crippen LogP contribution in [0.1, 0.15) is 40.0 Å². The Labute approximate surface area is 203 Å². The number of benzene rings is 2. The fraction of sp³-hybridized carbons (Fsp3) is 0.280. The van der Waals surface area contributed by atoms with E-state index in [1.54, 1.807) is 20.1 Å². The number of nitrogens with one attached hydrogen (secondary N) is 1. The third kappa shape index (κ3) is 5.11. The number of rotatable bonds is 8. The molecule has 0 radical (unpaired) electrons. The lowest BCUT2D eigenvalue weighted by molar-refractivity contribution is 0.102. The van der Waals surface area contributed by atoms with Crippen molar-refractivity contribution in [1.29, 1.82) is 0 Å². The number of anilines is 2. The molecular weight excluding hydrogens is 448 g/mol. The summed E-state index contributed by atoms with van der Waals surface area (Å²) >= 11 is 0. The third-order valence-electron chi connectivity index (χ3n) is 5.37. The van der Waals surface area contributed by atoms with Crippen LogP contribution in [-0.4, -0.2) is 39.6 Å². The first kappa shape index (κ1) is 23.8. The largest absolute Gasteiger partial charge is 0.493 e. The van der Waals surface area contributed by atoms with Crippen LogP contribution < -0.4 is 20.5 Å². The number of amides is 1. The predicted octanol–water partition coefficient (Wildman–Crippen LogP) is 4.15. The van der Waals surface area contributed by atoms with E-state index >= 15 is 0 Å². The first-order chi connectivity index (χ1) is 16.8. The summed E-state index contributed by atoms with van der Waals surface area (Å²) in [6, 6.07) is 11.2. The lowest BCUT2D eigenvalue weighted by Gasteiger charge is -2.09. The molecule has 10 heteroatoms. The van der Waals surface area contributed by atoms with E-state index in [0.717, 1.165) is 16.7 Å². The zero-order valence-electron chi connectivity index (χ0n) is 20.4. The van der Waals surface area contributed by atoms with Gasteiger partial charge in [-0.15, -0.1) is 5.10 Å². The second-order valence-electron chi connectivity index (χ2n) is 8.13. The van der Waals surface area contributed by atoms with Crippen LogP contribution in [0.15, 0.2) is 40.8 Å². The molecule has 4 aromatic rings. The molecule has 2 aromatic carbocycles. The smallest absolute Gasteiger partial charge is 0.280 e. The molecule has 0 spiro atoms. The van der Waals surface area contributed by atoms with Crippen LogP contribution in [0.4, 0.5) is 11.5 Å². The Morgan fingerprint density at radius 1 is 1.11 bits per heavy atom. The van der Waals surface area contributed by atoms with E-state index in [1.807, 2.05) is 51.1 Å². The summed E-state index contributed by atoms with van der Waals surface area (Å²) in [6.07, 6.45) is 0. The topological polar surface area (TPSA) is 130 Å². The fourth-order valence-electron chi connectivity index (χ4n) is 3.75. The summed E-state index contributed by atoms with van der Waals surface area (Å²) in [7, 11) is 1.58. The molecule has 0 fully saturated rings. The first-order valence-corrected chi connectivity index (χ1v) is 11.1. The summed E-state index contributed by atoms with van der Waals surface area (Å²) in [5.74, 6) is 1.96. The molecule has 4 rings (SSSR count). The number of ether oxygens (including phenoxy) is 2. The third-order valence-corrected chi connectivity index (χ3v) is 5.37. The van der Waals surface area contributed by atoms with Crippen molar-refractivity contribution >= 4 is 17.4 Å². The van der Waals surface area contributed by atoms with Gasteiger partial charge in [-0.1, -0.05) is 11.3 Å². The average Bonchev–Trinajstić information content (AvgIpc) is 3.36. The Kier molecular flexibility index (Phi) is 6.72. The molecule has 0 saturated heterocycles. The zero-order valence-corrected chi connectivity index (χ0v) is 20.4. The van der Waals surface area contributed by atoms with Crippen LogP contribution in [0, 0.1) is 20.8 Å². The minimum atomic E-state index is -0.433. The molecule has 1 amide bonds. The quantitative estimate of drug-likeness (QED) is 0.388. The second kappa shape index (κ2) is 9.88. The number of nitrogens with two attached hydrogens (primary N) is 1. The van der Waals surface area contributed by atoms with Gasteiger partial charge in [-0.25, -0.2) is 9.67 Å². The highest BCUT2D eigenvalue weighted by atomic mass is 16.5. The molecule has 0 aliphatic heterocycles. The van der Waals surface area contributed by atoms with Gasteiger partial charge in [-0.05, 0) is 69.2 Å². The Bertz CT molecular complexity index is 1350. The molecule has 0 unspecified atom stereocenters. The van der Waals surface area contributed by atoms with E-state index in [9.17, 15) is 4.79 Å². The highest BCUT2D eigenvalue weighted by Crippen LogP contribution is 2.33. The standard InChI is InChI=1S/C25H28N6O4/c1-6-34-20-8-7-17(12-21(20)33-5)25-28-19(16(4)35-25)13-31-23(26)22(29-30-31)24(32)27-18-10-14(2)9-15(3)11-18/h7-12H,6,13,26H2,1-5H3,(H,27,32). The molecule has 0 bridgehead atoms. The summed E-state index contributed by atoms with van der Waals surface area (Å²) < 4.78 is 18.3. The number of carbonyl (C=O) groups is 1. The van der Waals surface area contributed by atoms with E-state index in [0.29, 0.717) is 41.1 Å².